The van der Waals surface area contributed by atoms with Crippen LogP contribution in [0.5, 0.6) is 5.88 Å². The first-order valence-corrected chi connectivity index (χ1v) is 9.86. The molecular formula is C19H23F3N6O4. The van der Waals surface area contributed by atoms with Crippen molar-refractivity contribution in [1.29, 1.82) is 0 Å². The summed E-state index contributed by atoms with van der Waals surface area (Å²) in [7, 11) is 1.35. The van der Waals surface area contributed by atoms with Gasteiger partial charge in [0.15, 0.2) is 11.5 Å². The number of carbonyl (C=O) groups excluding carboxylic acids is 2. The molecule has 3 heterocycles. The molecule has 2 amide bonds. The van der Waals surface area contributed by atoms with E-state index >= 15 is 0 Å². The van der Waals surface area contributed by atoms with Gasteiger partial charge in [-0.05, 0) is 12.0 Å². The molecule has 10 nitrogen and oxygen atoms in total. The first-order valence-electron chi connectivity index (χ1n) is 9.86. The van der Waals surface area contributed by atoms with E-state index in [1.165, 1.54) is 29.0 Å². The molecule has 0 unspecified atom stereocenters. The molecule has 0 spiro atoms. The number of methoxy groups -OCH3 is 1. The molecule has 0 radical (unpaired) electrons. The lowest BCUT2D eigenvalue weighted by molar-refractivity contribution is -0.143. The van der Waals surface area contributed by atoms with Crippen molar-refractivity contribution in [3.05, 3.63) is 29.6 Å². The van der Waals surface area contributed by atoms with Gasteiger partial charge in [-0.2, -0.15) is 18.3 Å². The molecule has 0 bridgehead atoms. The van der Waals surface area contributed by atoms with Crippen molar-refractivity contribution in [2.45, 2.75) is 20.0 Å². The first-order chi connectivity index (χ1) is 15.1. The highest BCUT2D eigenvalue weighted by atomic mass is 19.4. The van der Waals surface area contributed by atoms with Gasteiger partial charge in [0.1, 0.15) is 0 Å². The second-order valence-electron chi connectivity index (χ2n) is 7.50. The minimum Gasteiger partial charge on any atom is -0.480 e. The normalized spacial score (nSPS) is 14.6. The van der Waals surface area contributed by atoms with E-state index in [1.807, 2.05) is 13.8 Å². The molecule has 2 aromatic heterocycles. The average Bonchev–Trinajstić information content (AvgIpc) is 3.23. The standard InChI is InChI=1S/C19H23F3N6O4/c1-12(2)11-32-18(30)27-8-6-26(7-9-27)17(29)13-10-23-28(16(13)19(20,21)22)14-4-5-15(31-3)25-24-14/h4-5,10,12H,6-9,11H2,1-3H3. The molecule has 2 aromatic rings. The molecule has 1 saturated heterocycles. The van der Waals surface area contributed by atoms with Crippen LogP contribution in [0, 0.1) is 5.92 Å². The summed E-state index contributed by atoms with van der Waals surface area (Å²) in [6.07, 6.45) is -4.51. The molecule has 1 fully saturated rings. The summed E-state index contributed by atoms with van der Waals surface area (Å²) in [5.74, 6) is -0.750. The van der Waals surface area contributed by atoms with E-state index < -0.39 is 29.4 Å². The Hall–Kier alpha value is -3.38. The van der Waals surface area contributed by atoms with Gasteiger partial charge in [0, 0.05) is 32.2 Å². The Bertz CT molecular complexity index is 953. The summed E-state index contributed by atoms with van der Waals surface area (Å²) in [6.45, 7) is 4.52. The average molecular weight is 456 g/mol. The number of rotatable bonds is 5. The van der Waals surface area contributed by atoms with Crippen LogP contribution in [0.25, 0.3) is 5.82 Å². The van der Waals surface area contributed by atoms with Gasteiger partial charge in [0.2, 0.25) is 5.88 Å². The Morgan fingerprint density at radius 3 is 2.28 bits per heavy atom. The van der Waals surface area contributed by atoms with E-state index in [0.717, 1.165) is 6.20 Å². The van der Waals surface area contributed by atoms with Crippen LogP contribution < -0.4 is 4.74 Å². The summed E-state index contributed by atoms with van der Waals surface area (Å²) >= 11 is 0. The van der Waals surface area contributed by atoms with Crippen molar-refractivity contribution in [1.82, 2.24) is 29.8 Å². The van der Waals surface area contributed by atoms with E-state index in [4.69, 9.17) is 9.47 Å². The van der Waals surface area contributed by atoms with Crippen LogP contribution in [0.1, 0.15) is 29.9 Å². The number of alkyl halides is 3. The minimum atomic E-state index is -4.87. The Balaban J connectivity index is 1.77. The van der Waals surface area contributed by atoms with Gasteiger partial charge in [-0.25, -0.2) is 9.48 Å². The minimum absolute atomic E-state index is 0.0699. The maximum atomic E-state index is 13.8. The zero-order valence-corrected chi connectivity index (χ0v) is 17.8. The molecule has 174 valence electrons. The number of hydrogen-bond acceptors (Lipinski definition) is 7. The fraction of sp³-hybridized carbons (Fsp3) is 0.526. The van der Waals surface area contributed by atoms with Crippen LogP contribution >= 0.6 is 0 Å². The fourth-order valence-electron chi connectivity index (χ4n) is 3.08. The lowest BCUT2D eigenvalue weighted by atomic mass is 10.2. The maximum absolute atomic E-state index is 13.8. The molecule has 0 atom stereocenters. The number of amides is 2. The van der Waals surface area contributed by atoms with Gasteiger partial charge in [-0.3, -0.25) is 4.79 Å². The largest absolute Gasteiger partial charge is 0.480 e. The number of aromatic nitrogens is 4. The molecule has 1 aliphatic rings. The molecule has 0 aliphatic carbocycles. The molecule has 0 N–H and O–H groups in total. The molecule has 13 heteroatoms. The second-order valence-corrected chi connectivity index (χ2v) is 7.50. The van der Waals surface area contributed by atoms with Crippen molar-refractivity contribution in [3.8, 4) is 11.7 Å². The van der Waals surface area contributed by atoms with Crippen molar-refractivity contribution in [2.24, 2.45) is 5.92 Å². The number of carbonyl (C=O) groups is 2. The first kappa shape index (κ1) is 23.3. The van der Waals surface area contributed by atoms with Crippen molar-refractivity contribution in [2.75, 3.05) is 39.9 Å². The summed E-state index contributed by atoms with van der Waals surface area (Å²) in [4.78, 5) is 27.6. The predicted octanol–water partition coefficient (Wildman–Crippen LogP) is 2.24. The third-order valence-electron chi connectivity index (χ3n) is 4.69. The molecule has 1 aliphatic heterocycles. The van der Waals surface area contributed by atoms with Crippen LogP contribution in [0.2, 0.25) is 0 Å². The number of piperazine rings is 1. The zero-order chi connectivity index (χ0) is 23.5. The molecule has 3 rings (SSSR count). The Labute approximate surface area is 181 Å². The summed E-state index contributed by atoms with van der Waals surface area (Å²) < 4.78 is 52.1. The van der Waals surface area contributed by atoms with Crippen LogP contribution in [0.4, 0.5) is 18.0 Å². The van der Waals surface area contributed by atoms with E-state index in [9.17, 15) is 22.8 Å². The lowest BCUT2D eigenvalue weighted by Gasteiger charge is -2.34. The topological polar surface area (TPSA) is 103 Å². The van der Waals surface area contributed by atoms with Crippen LogP contribution in [0.3, 0.4) is 0 Å². The van der Waals surface area contributed by atoms with E-state index in [2.05, 4.69) is 15.3 Å². The molecule has 32 heavy (non-hydrogen) atoms. The Morgan fingerprint density at radius 2 is 1.75 bits per heavy atom. The van der Waals surface area contributed by atoms with Crippen LogP contribution in [-0.4, -0.2) is 81.7 Å². The van der Waals surface area contributed by atoms with Gasteiger partial charge in [0.05, 0.1) is 25.5 Å². The number of ether oxygens (including phenoxy) is 2. The fourth-order valence-corrected chi connectivity index (χ4v) is 3.08. The smallest absolute Gasteiger partial charge is 0.434 e. The third-order valence-corrected chi connectivity index (χ3v) is 4.69. The lowest BCUT2D eigenvalue weighted by Crippen LogP contribution is -2.51. The molecular weight excluding hydrogens is 433 g/mol. The van der Waals surface area contributed by atoms with Gasteiger partial charge in [-0.15, -0.1) is 10.2 Å². The van der Waals surface area contributed by atoms with Crippen LogP contribution in [0.15, 0.2) is 18.3 Å². The number of halogens is 3. The molecule has 0 saturated carbocycles. The molecule has 0 aromatic carbocycles. The van der Waals surface area contributed by atoms with Gasteiger partial charge in [0.25, 0.3) is 5.91 Å². The van der Waals surface area contributed by atoms with Gasteiger partial charge in [-0.1, -0.05) is 13.8 Å². The Morgan fingerprint density at radius 1 is 1.09 bits per heavy atom. The maximum Gasteiger partial charge on any atom is 0.434 e. The van der Waals surface area contributed by atoms with Crippen molar-refractivity contribution in [3.63, 3.8) is 0 Å². The van der Waals surface area contributed by atoms with Gasteiger partial charge < -0.3 is 19.3 Å². The van der Waals surface area contributed by atoms with E-state index in [-0.39, 0.29) is 50.4 Å². The van der Waals surface area contributed by atoms with E-state index in [1.54, 1.807) is 0 Å². The quantitative estimate of drug-likeness (QED) is 0.680. The predicted molar refractivity (Wildman–Crippen MR) is 104 cm³/mol. The van der Waals surface area contributed by atoms with Crippen LogP contribution in [-0.2, 0) is 10.9 Å². The Kier molecular flexibility index (Phi) is 6.84. The number of hydrogen-bond donors (Lipinski definition) is 0. The van der Waals surface area contributed by atoms with Crippen molar-refractivity contribution >= 4 is 12.0 Å². The van der Waals surface area contributed by atoms with E-state index in [0.29, 0.717) is 4.68 Å². The summed E-state index contributed by atoms with van der Waals surface area (Å²) in [5, 5.41) is 11.1. The highest BCUT2D eigenvalue weighted by Crippen LogP contribution is 2.34. The summed E-state index contributed by atoms with van der Waals surface area (Å²) in [5.41, 5.74) is -1.85. The van der Waals surface area contributed by atoms with Gasteiger partial charge >= 0.3 is 12.3 Å². The number of nitrogens with zero attached hydrogens (tertiary/aromatic N) is 6. The monoisotopic (exact) mass is 456 g/mol. The zero-order valence-electron chi connectivity index (χ0n) is 17.8. The highest BCUT2D eigenvalue weighted by Gasteiger charge is 2.42. The second kappa shape index (κ2) is 9.40. The SMILES string of the molecule is COc1ccc(-n2ncc(C(=O)N3CCN(C(=O)OCC(C)C)CC3)c2C(F)(F)F)nn1. The van der Waals surface area contributed by atoms with Crippen molar-refractivity contribution < 1.29 is 32.2 Å². The third kappa shape index (κ3) is 5.08. The highest BCUT2D eigenvalue weighted by molar-refractivity contribution is 5.95. The summed E-state index contributed by atoms with van der Waals surface area (Å²) in [6, 6.07) is 2.59.